The molecule has 9 heteroatoms. The van der Waals surface area contributed by atoms with Gasteiger partial charge in [0.05, 0.1) is 17.7 Å². The summed E-state index contributed by atoms with van der Waals surface area (Å²) in [5.41, 5.74) is -0.458. The zero-order valence-corrected chi connectivity index (χ0v) is 21.5. The van der Waals surface area contributed by atoms with Crippen molar-refractivity contribution in [3.8, 4) is 0 Å². The van der Waals surface area contributed by atoms with Gasteiger partial charge < -0.3 is 19.9 Å². The highest BCUT2D eigenvalue weighted by atomic mass is 16.6. The van der Waals surface area contributed by atoms with Crippen molar-refractivity contribution in [2.75, 3.05) is 6.54 Å². The topological polar surface area (TPSA) is 122 Å². The summed E-state index contributed by atoms with van der Waals surface area (Å²) < 4.78 is 11.4. The van der Waals surface area contributed by atoms with E-state index in [-0.39, 0.29) is 30.7 Å². The number of amides is 2. The Labute approximate surface area is 226 Å². The molecule has 39 heavy (non-hydrogen) atoms. The van der Waals surface area contributed by atoms with Crippen molar-refractivity contribution in [2.45, 2.75) is 44.6 Å². The van der Waals surface area contributed by atoms with Gasteiger partial charge in [-0.05, 0) is 24.1 Å². The Bertz CT molecular complexity index is 1330. The number of esters is 1. The van der Waals surface area contributed by atoms with E-state index in [0.717, 1.165) is 5.56 Å². The van der Waals surface area contributed by atoms with Crippen LogP contribution >= 0.6 is 0 Å². The largest absolute Gasteiger partial charge is 0.478 e. The van der Waals surface area contributed by atoms with Crippen LogP contribution in [0.2, 0.25) is 0 Å². The minimum absolute atomic E-state index is 0.0198. The van der Waals surface area contributed by atoms with Gasteiger partial charge in [-0.2, -0.15) is 0 Å². The number of unbranched alkanes of at least 4 members (excludes halogenated alkanes) is 1. The van der Waals surface area contributed by atoms with Crippen molar-refractivity contribution < 1.29 is 33.8 Å². The molecule has 0 unspecified atom stereocenters. The van der Waals surface area contributed by atoms with E-state index in [2.05, 4.69) is 5.32 Å². The van der Waals surface area contributed by atoms with Gasteiger partial charge in [0.15, 0.2) is 5.54 Å². The van der Waals surface area contributed by atoms with Crippen LogP contribution < -0.4 is 5.32 Å². The fourth-order valence-electron chi connectivity index (χ4n) is 4.61. The third kappa shape index (κ3) is 5.93. The van der Waals surface area contributed by atoms with Gasteiger partial charge in [-0.15, -0.1) is 0 Å². The maximum atomic E-state index is 13.7. The quantitative estimate of drug-likeness (QED) is 0.356. The van der Waals surface area contributed by atoms with Crippen LogP contribution in [0.15, 0.2) is 84.9 Å². The molecule has 0 radical (unpaired) electrons. The molecule has 0 spiro atoms. The summed E-state index contributed by atoms with van der Waals surface area (Å²) in [6.45, 7) is 1.64. The first-order chi connectivity index (χ1) is 18.9. The maximum absolute atomic E-state index is 13.7. The molecular weight excluding hydrogens is 500 g/mol. The summed E-state index contributed by atoms with van der Waals surface area (Å²) in [5, 5.41) is 12.2. The van der Waals surface area contributed by atoms with Crippen LogP contribution in [0.25, 0.3) is 0 Å². The number of hydrogen-bond donors (Lipinski definition) is 2. The number of nitrogens with one attached hydrogen (secondary N) is 1. The van der Waals surface area contributed by atoms with E-state index in [0.29, 0.717) is 18.4 Å². The predicted molar refractivity (Wildman–Crippen MR) is 142 cm³/mol. The Hall–Kier alpha value is -4.66. The highest BCUT2D eigenvalue weighted by Gasteiger charge is 2.58. The van der Waals surface area contributed by atoms with Crippen molar-refractivity contribution in [1.29, 1.82) is 0 Å². The average molecular weight is 531 g/mol. The monoisotopic (exact) mass is 530 g/mol. The molecule has 2 atom stereocenters. The van der Waals surface area contributed by atoms with Crippen LogP contribution in [0, 0.1) is 0 Å². The van der Waals surface area contributed by atoms with Crippen LogP contribution in [0.4, 0.5) is 4.79 Å². The van der Waals surface area contributed by atoms with Crippen LogP contribution in [0.5, 0.6) is 0 Å². The molecule has 0 saturated carbocycles. The van der Waals surface area contributed by atoms with Crippen LogP contribution in [-0.2, 0) is 20.9 Å². The van der Waals surface area contributed by atoms with Crippen molar-refractivity contribution in [3.05, 3.63) is 107 Å². The van der Waals surface area contributed by atoms with Crippen molar-refractivity contribution in [1.82, 2.24) is 10.2 Å². The number of ether oxygens (including phenoxy) is 2. The second-order valence-electron chi connectivity index (χ2n) is 9.25. The zero-order chi connectivity index (χ0) is 27.8. The molecule has 3 aromatic carbocycles. The number of aromatic carboxylic acids is 1. The van der Waals surface area contributed by atoms with Crippen LogP contribution in [0.3, 0.4) is 0 Å². The average Bonchev–Trinajstić information content (AvgIpc) is 3.26. The summed E-state index contributed by atoms with van der Waals surface area (Å²) in [6, 6.07) is 23.8. The summed E-state index contributed by atoms with van der Waals surface area (Å²) in [4.78, 5) is 53.3. The van der Waals surface area contributed by atoms with E-state index in [9.17, 15) is 24.3 Å². The molecule has 3 aromatic rings. The molecular formula is C30H30N2O7. The molecule has 1 fully saturated rings. The predicted octanol–water partition coefficient (Wildman–Crippen LogP) is 4.94. The lowest BCUT2D eigenvalue weighted by atomic mass is 9.90. The Balaban J connectivity index is 1.68. The number of cyclic esters (lactones) is 1. The summed E-state index contributed by atoms with van der Waals surface area (Å²) >= 11 is 0. The van der Waals surface area contributed by atoms with Gasteiger partial charge in [0.1, 0.15) is 6.61 Å². The lowest BCUT2D eigenvalue weighted by Crippen LogP contribution is -2.58. The molecule has 1 heterocycles. The molecule has 9 nitrogen and oxygen atoms in total. The molecule has 0 aliphatic carbocycles. The smallest absolute Gasteiger partial charge is 0.414 e. The molecule has 1 aliphatic heterocycles. The van der Waals surface area contributed by atoms with Gasteiger partial charge in [0.25, 0.3) is 5.91 Å². The van der Waals surface area contributed by atoms with Gasteiger partial charge in [-0.3, -0.25) is 4.79 Å². The van der Waals surface area contributed by atoms with Crippen molar-refractivity contribution in [2.24, 2.45) is 0 Å². The Morgan fingerprint density at radius 1 is 0.949 bits per heavy atom. The van der Waals surface area contributed by atoms with Crippen molar-refractivity contribution >= 4 is 23.9 Å². The first-order valence-electron chi connectivity index (χ1n) is 12.7. The lowest BCUT2D eigenvalue weighted by Gasteiger charge is -2.35. The number of carbonyl (C=O) groups is 4. The van der Waals surface area contributed by atoms with E-state index in [4.69, 9.17) is 9.47 Å². The molecule has 0 bridgehead atoms. The summed E-state index contributed by atoms with van der Waals surface area (Å²) in [6.07, 6.45) is -0.363. The fourth-order valence-corrected chi connectivity index (χ4v) is 4.61. The Kier molecular flexibility index (Phi) is 8.60. The molecule has 2 N–H and O–H groups in total. The highest BCUT2D eigenvalue weighted by Crippen LogP contribution is 2.41. The first-order valence-corrected chi connectivity index (χ1v) is 12.7. The van der Waals surface area contributed by atoms with Gasteiger partial charge in [0.2, 0.25) is 6.23 Å². The fraction of sp³-hybridized carbons (Fsp3) is 0.267. The first kappa shape index (κ1) is 27.4. The molecule has 2 amide bonds. The standard InChI is InChI=1S/C30H30N2O7/c1-2-3-18-30(20-31-25(33)23-16-10-11-17-24(23)27(34)35)28(36)39-26(22-14-8-5-9-15-22)32(30)29(37)38-19-21-12-6-4-7-13-21/h4-17,26H,2-3,18-20H2,1H3,(H,31,33)(H,34,35)/t26-,30+/m1/s1. The van der Waals surface area contributed by atoms with E-state index < -0.39 is 35.7 Å². The normalized spacial score (nSPS) is 18.3. The minimum atomic E-state index is -1.57. The number of rotatable bonds is 10. The lowest BCUT2D eigenvalue weighted by molar-refractivity contribution is -0.145. The van der Waals surface area contributed by atoms with Crippen molar-refractivity contribution in [3.63, 3.8) is 0 Å². The van der Waals surface area contributed by atoms with Crippen LogP contribution in [-0.4, -0.2) is 46.0 Å². The Morgan fingerprint density at radius 3 is 2.21 bits per heavy atom. The highest BCUT2D eigenvalue weighted by molar-refractivity contribution is 6.05. The summed E-state index contributed by atoms with van der Waals surface area (Å²) in [7, 11) is 0. The van der Waals surface area contributed by atoms with E-state index in [1.165, 1.54) is 23.1 Å². The van der Waals surface area contributed by atoms with E-state index in [1.54, 1.807) is 30.3 Å². The minimum Gasteiger partial charge on any atom is -0.478 e. The SMILES string of the molecule is CCCC[C@]1(CNC(=O)c2ccccc2C(=O)O)C(=O)O[C@H](c2ccccc2)N1C(=O)OCc1ccccc1. The second kappa shape index (κ2) is 12.3. The third-order valence-corrected chi connectivity index (χ3v) is 6.67. The molecule has 1 aliphatic rings. The van der Waals surface area contributed by atoms with E-state index in [1.807, 2.05) is 43.3 Å². The maximum Gasteiger partial charge on any atom is 0.414 e. The molecule has 202 valence electrons. The van der Waals surface area contributed by atoms with Gasteiger partial charge in [0, 0.05) is 5.56 Å². The second-order valence-corrected chi connectivity index (χ2v) is 9.25. The number of carboxylic acid groups (broad SMARTS) is 1. The van der Waals surface area contributed by atoms with Gasteiger partial charge in [-0.1, -0.05) is 92.6 Å². The van der Waals surface area contributed by atoms with Gasteiger partial charge in [-0.25, -0.2) is 19.3 Å². The molecule has 0 aromatic heterocycles. The number of hydrogen-bond acceptors (Lipinski definition) is 6. The number of benzene rings is 3. The van der Waals surface area contributed by atoms with Crippen LogP contribution in [0.1, 0.15) is 64.3 Å². The Morgan fingerprint density at radius 2 is 1.56 bits per heavy atom. The third-order valence-electron chi connectivity index (χ3n) is 6.67. The number of nitrogens with zero attached hydrogens (tertiary/aromatic N) is 1. The van der Waals surface area contributed by atoms with Gasteiger partial charge >= 0.3 is 18.0 Å². The summed E-state index contributed by atoms with van der Waals surface area (Å²) in [5.74, 6) is -2.61. The number of carboxylic acids is 1. The zero-order valence-electron chi connectivity index (χ0n) is 21.5. The molecule has 4 rings (SSSR count). The van der Waals surface area contributed by atoms with E-state index >= 15 is 0 Å². The molecule has 1 saturated heterocycles. The number of carbonyl (C=O) groups excluding carboxylic acids is 3.